The molecular weight excluding hydrogens is 442 g/mol. The number of azide groups is 1. The molecule has 1 aliphatic rings. The van der Waals surface area contributed by atoms with E-state index in [9.17, 15) is 10.3 Å². The highest BCUT2D eigenvalue weighted by Crippen LogP contribution is 2.34. The average Bonchev–Trinajstić information content (AvgIpc) is 2.82. The maximum absolute atomic E-state index is 12.0. The Morgan fingerprint density at radius 1 is 1.06 bits per heavy atom. The highest BCUT2D eigenvalue weighted by molar-refractivity contribution is 7.99. The van der Waals surface area contributed by atoms with Crippen LogP contribution in [0.5, 0.6) is 0 Å². The van der Waals surface area contributed by atoms with E-state index in [-0.39, 0.29) is 13.2 Å². The molecule has 0 unspecified atom stereocenters. The molecule has 0 aromatic heterocycles. The molecule has 9 heteroatoms. The minimum Gasteiger partial charge on any atom is -0.457 e. The number of nitrogens with zero attached hydrogens (tertiary/aromatic N) is 3. The molecule has 0 bridgehead atoms. The third kappa shape index (κ3) is 7.48. The Kier molecular flexibility index (Phi) is 10.1. The second-order valence-electron chi connectivity index (χ2n) is 7.53. The number of ether oxygens (including phenoxy) is 4. The standard InChI is InChI=1S/C24H29N3O5S/c1-3-33-24-21(26-27-25)23(30-15-19-12-8-5-9-13-19)22(31-17(2)28)20(32-24)16-29-14-18-10-6-4-7-11-18/h4-13,20-24H,3,14-16H2,1-2H3/t20-,21+,22-,23-,24+/m1/s1. The Bertz CT molecular complexity index is 911. The van der Waals surface area contributed by atoms with Gasteiger partial charge in [-0.15, -0.1) is 11.8 Å². The van der Waals surface area contributed by atoms with E-state index >= 15 is 0 Å². The van der Waals surface area contributed by atoms with Gasteiger partial charge in [-0.25, -0.2) is 0 Å². The van der Waals surface area contributed by atoms with Gasteiger partial charge in [0, 0.05) is 11.8 Å². The molecule has 0 N–H and O–H groups in total. The molecule has 2 aromatic carbocycles. The van der Waals surface area contributed by atoms with Crippen LogP contribution in [0.15, 0.2) is 65.8 Å². The Hall–Kier alpha value is -2.55. The molecule has 0 radical (unpaired) electrons. The molecule has 1 fully saturated rings. The minimum atomic E-state index is -0.786. The van der Waals surface area contributed by atoms with E-state index in [4.69, 9.17) is 18.9 Å². The summed E-state index contributed by atoms with van der Waals surface area (Å²) in [5.41, 5.74) is 10.7. The second kappa shape index (κ2) is 13.2. The van der Waals surface area contributed by atoms with Crippen molar-refractivity contribution in [1.82, 2.24) is 0 Å². The number of carbonyl (C=O) groups excluding carboxylic acids is 1. The summed E-state index contributed by atoms with van der Waals surface area (Å²) in [6, 6.07) is 18.8. The van der Waals surface area contributed by atoms with Crippen molar-refractivity contribution in [3.8, 4) is 0 Å². The zero-order valence-corrected chi connectivity index (χ0v) is 19.6. The van der Waals surface area contributed by atoms with Crippen LogP contribution in [0.1, 0.15) is 25.0 Å². The third-order valence-corrected chi connectivity index (χ3v) is 6.16. The fourth-order valence-corrected chi connectivity index (χ4v) is 4.63. The molecule has 3 rings (SSSR count). The molecule has 0 spiro atoms. The first kappa shape index (κ1) is 25.1. The maximum Gasteiger partial charge on any atom is 0.303 e. The largest absolute Gasteiger partial charge is 0.457 e. The van der Waals surface area contributed by atoms with Crippen molar-refractivity contribution >= 4 is 17.7 Å². The van der Waals surface area contributed by atoms with Crippen molar-refractivity contribution in [3.63, 3.8) is 0 Å². The summed E-state index contributed by atoms with van der Waals surface area (Å²) in [6.07, 6.45) is -2.05. The normalized spacial score (nSPS) is 24.6. The minimum absolute atomic E-state index is 0.196. The van der Waals surface area contributed by atoms with E-state index in [2.05, 4.69) is 10.0 Å². The molecule has 33 heavy (non-hydrogen) atoms. The zero-order chi connectivity index (χ0) is 23.5. The van der Waals surface area contributed by atoms with Crippen LogP contribution in [0.2, 0.25) is 0 Å². The lowest BCUT2D eigenvalue weighted by Crippen LogP contribution is -2.59. The number of benzene rings is 2. The van der Waals surface area contributed by atoms with Crippen LogP contribution in [0.3, 0.4) is 0 Å². The first-order chi connectivity index (χ1) is 16.1. The van der Waals surface area contributed by atoms with Crippen molar-refractivity contribution < 1.29 is 23.7 Å². The lowest BCUT2D eigenvalue weighted by atomic mass is 9.98. The third-order valence-electron chi connectivity index (χ3n) is 5.11. The van der Waals surface area contributed by atoms with Gasteiger partial charge in [0.1, 0.15) is 23.7 Å². The van der Waals surface area contributed by atoms with Crippen LogP contribution < -0.4 is 0 Å². The van der Waals surface area contributed by atoms with Gasteiger partial charge in [-0.2, -0.15) is 0 Å². The average molecular weight is 472 g/mol. The monoisotopic (exact) mass is 471 g/mol. The molecule has 176 valence electrons. The van der Waals surface area contributed by atoms with E-state index in [1.165, 1.54) is 18.7 Å². The van der Waals surface area contributed by atoms with Gasteiger partial charge in [-0.05, 0) is 22.4 Å². The fraction of sp³-hybridized carbons (Fsp3) is 0.458. The summed E-state index contributed by atoms with van der Waals surface area (Å²) >= 11 is 1.52. The molecule has 5 atom stereocenters. The van der Waals surface area contributed by atoms with Crippen molar-refractivity contribution in [2.75, 3.05) is 12.4 Å². The maximum atomic E-state index is 12.0. The van der Waals surface area contributed by atoms with E-state index < -0.39 is 35.8 Å². The van der Waals surface area contributed by atoms with Crippen LogP contribution >= 0.6 is 11.8 Å². The molecule has 0 saturated carbocycles. The number of carbonyl (C=O) groups is 1. The van der Waals surface area contributed by atoms with E-state index in [1.54, 1.807) is 0 Å². The number of rotatable bonds is 11. The Balaban J connectivity index is 1.81. The van der Waals surface area contributed by atoms with Crippen molar-refractivity contribution in [2.45, 2.75) is 56.9 Å². The summed E-state index contributed by atoms with van der Waals surface area (Å²) in [6.45, 7) is 4.21. The molecular formula is C24H29N3O5S. The lowest BCUT2D eigenvalue weighted by molar-refractivity contribution is -0.209. The Labute approximate surface area is 198 Å². The molecule has 8 nitrogen and oxygen atoms in total. The van der Waals surface area contributed by atoms with Crippen molar-refractivity contribution in [1.29, 1.82) is 0 Å². The number of thioether (sulfide) groups is 1. The topological polar surface area (TPSA) is 103 Å². The van der Waals surface area contributed by atoms with Gasteiger partial charge in [0.15, 0.2) is 6.10 Å². The summed E-state index contributed by atoms with van der Waals surface area (Å²) < 4.78 is 24.0. The fourth-order valence-electron chi connectivity index (χ4n) is 3.67. The summed E-state index contributed by atoms with van der Waals surface area (Å²) in [5.74, 6) is 0.287. The second-order valence-corrected chi connectivity index (χ2v) is 8.91. The van der Waals surface area contributed by atoms with Crippen molar-refractivity contribution in [3.05, 3.63) is 82.2 Å². The highest BCUT2D eigenvalue weighted by Gasteiger charge is 2.48. The molecule has 1 saturated heterocycles. The van der Waals surface area contributed by atoms with E-state index in [1.807, 2.05) is 67.6 Å². The smallest absolute Gasteiger partial charge is 0.303 e. The summed E-state index contributed by atoms with van der Waals surface area (Å²) in [5, 5.41) is 3.97. The van der Waals surface area contributed by atoms with Crippen LogP contribution in [-0.2, 0) is 37.0 Å². The number of hydrogen-bond acceptors (Lipinski definition) is 7. The van der Waals surface area contributed by atoms with Crippen LogP contribution in [0.4, 0.5) is 0 Å². The van der Waals surface area contributed by atoms with Crippen LogP contribution in [0.25, 0.3) is 10.4 Å². The molecule has 1 aliphatic heterocycles. The Morgan fingerprint density at radius 3 is 2.27 bits per heavy atom. The first-order valence-corrected chi connectivity index (χ1v) is 11.9. The summed E-state index contributed by atoms with van der Waals surface area (Å²) in [7, 11) is 0. The van der Waals surface area contributed by atoms with Gasteiger partial charge >= 0.3 is 5.97 Å². The summed E-state index contributed by atoms with van der Waals surface area (Å²) in [4.78, 5) is 15.0. The molecule has 0 aliphatic carbocycles. The molecule has 1 heterocycles. The zero-order valence-electron chi connectivity index (χ0n) is 18.8. The van der Waals surface area contributed by atoms with Gasteiger partial charge in [-0.3, -0.25) is 4.79 Å². The van der Waals surface area contributed by atoms with Gasteiger partial charge in [0.2, 0.25) is 0 Å². The van der Waals surface area contributed by atoms with Crippen LogP contribution in [0, 0.1) is 0 Å². The highest BCUT2D eigenvalue weighted by atomic mass is 32.2. The predicted molar refractivity (Wildman–Crippen MR) is 126 cm³/mol. The van der Waals surface area contributed by atoms with Crippen molar-refractivity contribution in [2.24, 2.45) is 5.11 Å². The Morgan fingerprint density at radius 2 is 1.70 bits per heavy atom. The van der Waals surface area contributed by atoms with E-state index in [0.717, 1.165) is 16.9 Å². The number of hydrogen-bond donors (Lipinski definition) is 0. The van der Waals surface area contributed by atoms with Gasteiger partial charge in [0.05, 0.1) is 19.8 Å². The number of esters is 1. The van der Waals surface area contributed by atoms with Crippen LogP contribution in [-0.4, -0.2) is 48.1 Å². The lowest BCUT2D eigenvalue weighted by Gasteiger charge is -2.44. The predicted octanol–water partition coefficient (Wildman–Crippen LogP) is 4.88. The van der Waals surface area contributed by atoms with Gasteiger partial charge < -0.3 is 18.9 Å². The quantitative estimate of drug-likeness (QED) is 0.200. The van der Waals surface area contributed by atoms with Gasteiger partial charge in [-0.1, -0.05) is 72.7 Å². The first-order valence-electron chi connectivity index (χ1n) is 10.9. The molecule has 0 amide bonds. The molecule has 2 aromatic rings. The van der Waals surface area contributed by atoms with E-state index in [0.29, 0.717) is 6.61 Å². The SMILES string of the molecule is CCS[C@@H]1O[C@H](COCc2ccccc2)[C@@H](OC(C)=O)[C@H](OCc2ccccc2)[C@@H]1N=[N+]=[N-]. The van der Waals surface area contributed by atoms with Gasteiger partial charge in [0.25, 0.3) is 0 Å².